The fourth-order valence-electron chi connectivity index (χ4n) is 7.80. The first-order valence-corrected chi connectivity index (χ1v) is 17.6. The van der Waals surface area contributed by atoms with Gasteiger partial charge in [0.05, 0.1) is 18.5 Å². The summed E-state index contributed by atoms with van der Waals surface area (Å²) in [6, 6.07) is 20.7. The average Bonchev–Trinajstić information content (AvgIpc) is 3.45. The van der Waals surface area contributed by atoms with Crippen molar-refractivity contribution in [2.75, 3.05) is 59.5 Å². The summed E-state index contributed by atoms with van der Waals surface area (Å²) in [7, 11) is 1.40. The molecule has 0 aliphatic carbocycles. The third-order valence-electron chi connectivity index (χ3n) is 10.9. The van der Waals surface area contributed by atoms with Crippen molar-refractivity contribution in [2.24, 2.45) is 5.92 Å². The number of pyridine rings is 1. The number of H-pyrrole nitrogens is 1. The minimum Gasteiger partial charge on any atom is -0.453 e. The van der Waals surface area contributed by atoms with Gasteiger partial charge in [-0.05, 0) is 69.4 Å². The Kier molecular flexibility index (Phi) is 9.40. The van der Waals surface area contributed by atoms with Crippen LogP contribution in [0.1, 0.15) is 47.3 Å². The van der Waals surface area contributed by atoms with E-state index in [9.17, 15) is 14.4 Å². The van der Waals surface area contributed by atoms with Gasteiger partial charge in [-0.25, -0.2) is 9.78 Å². The quantitative estimate of drug-likeness (QED) is 0.293. The van der Waals surface area contributed by atoms with Crippen molar-refractivity contribution < 1.29 is 19.1 Å². The number of nitrogens with zero attached hydrogens (tertiary/aromatic N) is 5. The predicted octanol–water partition coefficient (Wildman–Crippen LogP) is 5.74. The number of benzene rings is 2. The molecule has 0 saturated carbocycles. The molecule has 49 heavy (non-hydrogen) atoms. The largest absolute Gasteiger partial charge is 0.453 e. The molecule has 4 aromatic rings. The number of rotatable bonds is 5. The van der Waals surface area contributed by atoms with Crippen molar-refractivity contribution in [3.05, 3.63) is 77.5 Å². The third kappa shape index (κ3) is 6.79. The number of aromatic amines is 1. The lowest BCUT2D eigenvalue weighted by Gasteiger charge is -2.43. The number of piperidine rings is 2. The standard InChI is InChI=1S/C39H46N6O4/c1-26-27(2)40-34-10-9-30(23-33(26)34)36-25-31(24-35(41-36)28-7-5-4-6-8-28)38(47)44-21-19-42(20-22-44)32-13-17-43(18-14-32)37(46)29-11-15-45(16-12-29)39(48)49-3/h4-10,23-25,29,32,40H,11-22H2,1-3H3. The molecule has 0 radical (unpaired) electrons. The molecule has 0 atom stereocenters. The molecule has 0 unspecified atom stereocenters. The Bertz CT molecular complexity index is 1830. The molecule has 3 fully saturated rings. The van der Waals surface area contributed by atoms with Crippen LogP contribution in [0.5, 0.6) is 0 Å². The molecule has 10 heteroatoms. The van der Waals surface area contributed by atoms with Gasteiger partial charge in [0, 0.05) is 97.6 Å². The molecule has 10 nitrogen and oxygen atoms in total. The first-order chi connectivity index (χ1) is 23.8. The summed E-state index contributed by atoms with van der Waals surface area (Å²) in [5, 5.41) is 1.17. The number of likely N-dealkylation sites (tertiary alicyclic amines) is 2. The van der Waals surface area contributed by atoms with Crippen molar-refractivity contribution in [1.29, 1.82) is 0 Å². The van der Waals surface area contributed by atoms with Crippen LogP contribution >= 0.6 is 0 Å². The van der Waals surface area contributed by atoms with E-state index in [1.54, 1.807) is 4.90 Å². The van der Waals surface area contributed by atoms with Crippen LogP contribution in [-0.4, -0.2) is 113 Å². The lowest BCUT2D eigenvalue weighted by atomic mass is 9.93. The summed E-state index contributed by atoms with van der Waals surface area (Å²) in [5.74, 6) is 0.241. The Morgan fingerprint density at radius 1 is 0.735 bits per heavy atom. The number of aromatic nitrogens is 2. The molecule has 0 bridgehead atoms. The summed E-state index contributed by atoms with van der Waals surface area (Å²) in [5.41, 5.74) is 7.68. The van der Waals surface area contributed by atoms with Gasteiger partial charge in [-0.1, -0.05) is 36.4 Å². The molecular weight excluding hydrogens is 616 g/mol. The number of piperazine rings is 1. The third-order valence-corrected chi connectivity index (χ3v) is 10.9. The van der Waals surface area contributed by atoms with Crippen LogP contribution < -0.4 is 0 Å². The molecule has 5 heterocycles. The Morgan fingerprint density at radius 2 is 1.39 bits per heavy atom. The number of carbonyl (C=O) groups excluding carboxylic acids is 3. The Labute approximate surface area is 288 Å². The van der Waals surface area contributed by atoms with Crippen LogP contribution in [0.3, 0.4) is 0 Å². The number of ether oxygens (including phenoxy) is 1. The first kappa shape index (κ1) is 32.8. The number of amides is 3. The minimum absolute atomic E-state index is 0.0204. The van der Waals surface area contributed by atoms with E-state index < -0.39 is 0 Å². The molecule has 2 aromatic carbocycles. The zero-order chi connectivity index (χ0) is 34.1. The van der Waals surface area contributed by atoms with Crippen LogP contribution in [0.25, 0.3) is 33.4 Å². The second-order valence-corrected chi connectivity index (χ2v) is 13.7. The van der Waals surface area contributed by atoms with Crippen molar-refractivity contribution in [1.82, 2.24) is 29.6 Å². The van der Waals surface area contributed by atoms with Gasteiger partial charge in [-0.3, -0.25) is 14.5 Å². The van der Waals surface area contributed by atoms with Crippen LogP contribution in [0, 0.1) is 19.8 Å². The van der Waals surface area contributed by atoms with E-state index in [0.29, 0.717) is 50.6 Å². The molecule has 1 N–H and O–H groups in total. The smallest absolute Gasteiger partial charge is 0.409 e. The summed E-state index contributed by atoms with van der Waals surface area (Å²) in [6.07, 6.45) is 2.96. The van der Waals surface area contributed by atoms with Crippen LogP contribution in [0.4, 0.5) is 4.79 Å². The number of methoxy groups -OCH3 is 1. The summed E-state index contributed by atoms with van der Waals surface area (Å²) < 4.78 is 4.83. The van der Waals surface area contributed by atoms with Gasteiger partial charge in [0.1, 0.15) is 0 Å². The average molecular weight is 663 g/mol. The summed E-state index contributed by atoms with van der Waals surface area (Å²) in [4.78, 5) is 55.8. The molecule has 3 aliphatic rings. The fourth-order valence-corrected chi connectivity index (χ4v) is 7.80. The van der Waals surface area contributed by atoms with E-state index in [1.165, 1.54) is 18.1 Å². The van der Waals surface area contributed by atoms with Crippen LogP contribution in [0.15, 0.2) is 60.7 Å². The number of hydrogen-bond acceptors (Lipinski definition) is 6. The van der Waals surface area contributed by atoms with Crippen molar-refractivity contribution >= 4 is 28.8 Å². The number of fused-ring (bicyclic) bond motifs is 1. The highest BCUT2D eigenvalue weighted by molar-refractivity contribution is 5.97. The topological polar surface area (TPSA) is 102 Å². The van der Waals surface area contributed by atoms with E-state index >= 15 is 0 Å². The second kappa shape index (κ2) is 14.0. The van der Waals surface area contributed by atoms with E-state index in [0.717, 1.165) is 72.7 Å². The summed E-state index contributed by atoms with van der Waals surface area (Å²) >= 11 is 0. The van der Waals surface area contributed by atoms with E-state index in [4.69, 9.17) is 9.72 Å². The van der Waals surface area contributed by atoms with E-state index in [-0.39, 0.29) is 23.8 Å². The normalized spacial score (nSPS) is 18.2. The second-order valence-electron chi connectivity index (χ2n) is 13.7. The molecule has 2 aromatic heterocycles. The van der Waals surface area contributed by atoms with Crippen LogP contribution in [0.2, 0.25) is 0 Å². The van der Waals surface area contributed by atoms with Crippen LogP contribution in [-0.2, 0) is 9.53 Å². The molecule has 3 saturated heterocycles. The lowest BCUT2D eigenvalue weighted by Crippen LogP contribution is -2.55. The molecular formula is C39H46N6O4. The van der Waals surface area contributed by atoms with Gasteiger partial charge in [0.15, 0.2) is 0 Å². The molecule has 3 aliphatic heterocycles. The zero-order valence-electron chi connectivity index (χ0n) is 28.8. The van der Waals surface area contributed by atoms with Gasteiger partial charge in [-0.15, -0.1) is 0 Å². The number of aryl methyl sites for hydroxylation is 2. The SMILES string of the molecule is COC(=O)N1CCC(C(=O)N2CCC(N3CCN(C(=O)c4cc(-c5ccccc5)nc(-c5ccc6[nH]c(C)c(C)c6c5)c4)CC3)CC2)CC1. The first-order valence-electron chi connectivity index (χ1n) is 17.6. The van der Waals surface area contributed by atoms with Gasteiger partial charge in [0.2, 0.25) is 5.91 Å². The Morgan fingerprint density at radius 3 is 2.06 bits per heavy atom. The Balaban J connectivity index is 0.993. The highest BCUT2D eigenvalue weighted by Gasteiger charge is 2.34. The molecule has 256 valence electrons. The van der Waals surface area contributed by atoms with Crippen molar-refractivity contribution in [2.45, 2.75) is 45.6 Å². The Hall–Kier alpha value is -4.70. The molecule has 7 rings (SSSR count). The lowest BCUT2D eigenvalue weighted by molar-refractivity contribution is -0.138. The number of carbonyl (C=O) groups is 3. The van der Waals surface area contributed by atoms with Gasteiger partial charge in [-0.2, -0.15) is 0 Å². The maximum atomic E-state index is 14.1. The maximum Gasteiger partial charge on any atom is 0.409 e. The van der Waals surface area contributed by atoms with E-state index in [1.807, 2.05) is 52.3 Å². The highest BCUT2D eigenvalue weighted by Crippen LogP contribution is 2.31. The summed E-state index contributed by atoms with van der Waals surface area (Å²) in [6.45, 7) is 9.86. The number of nitrogens with one attached hydrogen (secondary N) is 1. The van der Waals surface area contributed by atoms with Crippen molar-refractivity contribution in [3.8, 4) is 22.5 Å². The zero-order valence-corrected chi connectivity index (χ0v) is 28.8. The monoisotopic (exact) mass is 662 g/mol. The maximum absolute atomic E-state index is 14.1. The van der Waals surface area contributed by atoms with Gasteiger partial charge in [0.25, 0.3) is 5.91 Å². The van der Waals surface area contributed by atoms with Crippen molar-refractivity contribution in [3.63, 3.8) is 0 Å². The van der Waals surface area contributed by atoms with Gasteiger partial charge >= 0.3 is 6.09 Å². The number of hydrogen-bond donors (Lipinski definition) is 1. The predicted molar refractivity (Wildman–Crippen MR) is 190 cm³/mol. The van der Waals surface area contributed by atoms with E-state index in [2.05, 4.69) is 41.9 Å². The highest BCUT2D eigenvalue weighted by atomic mass is 16.5. The fraction of sp³-hybridized carbons (Fsp3) is 0.436. The molecule has 0 spiro atoms. The minimum atomic E-state index is -0.313. The molecule has 3 amide bonds. The van der Waals surface area contributed by atoms with Gasteiger partial charge < -0.3 is 24.4 Å².